The average molecular weight is 372 g/mol. The van der Waals surface area contributed by atoms with E-state index in [0.717, 1.165) is 6.42 Å². The van der Waals surface area contributed by atoms with Crippen LogP contribution in [0.2, 0.25) is 0 Å². The summed E-state index contributed by atoms with van der Waals surface area (Å²) in [4.78, 5) is 0.189. The molecule has 1 aromatic carbocycles. The van der Waals surface area contributed by atoms with Gasteiger partial charge in [-0.25, -0.2) is 13.1 Å². The number of hydrogen-bond acceptors (Lipinski definition) is 3. The lowest BCUT2D eigenvalue weighted by atomic mass is 10.3. The van der Waals surface area contributed by atoms with Gasteiger partial charge in [-0.15, -0.1) is 0 Å². The fraction of sp³-hybridized carbons (Fsp3) is 0.333. The first-order valence-electron chi connectivity index (χ1n) is 4.62. The molecule has 0 atom stereocenters. The predicted molar refractivity (Wildman–Crippen MR) is 71.7 cm³/mol. The Morgan fingerprint density at radius 3 is 2.25 bits per heavy atom. The van der Waals surface area contributed by atoms with Gasteiger partial charge in [0.2, 0.25) is 10.0 Å². The maximum Gasteiger partial charge on any atom is 0.240 e. The SMILES string of the molecule is CCCNS(=O)(=O)c1cc(Br)c(N)c(Br)c1. The smallest absolute Gasteiger partial charge is 0.240 e. The molecular weight excluding hydrogens is 360 g/mol. The molecule has 0 fully saturated rings. The van der Waals surface area contributed by atoms with Crippen LogP contribution in [0.15, 0.2) is 26.0 Å². The molecule has 0 aliphatic rings. The Morgan fingerprint density at radius 2 is 1.81 bits per heavy atom. The highest BCUT2D eigenvalue weighted by atomic mass is 79.9. The van der Waals surface area contributed by atoms with E-state index in [1.807, 2.05) is 6.92 Å². The lowest BCUT2D eigenvalue weighted by molar-refractivity contribution is 0.580. The average Bonchev–Trinajstić information content (AvgIpc) is 2.22. The third-order valence-corrected chi connectivity index (χ3v) is 4.66. The first-order valence-corrected chi connectivity index (χ1v) is 7.69. The third-order valence-electron chi connectivity index (χ3n) is 1.90. The molecule has 0 aliphatic carbocycles. The summed E-state index contributed by atoms with van der Waals surface area (Å²) in [7, 11) is -3.45. The molecule has 1 aromatic rings. The molecule has 0 aliphatic heterocycles. The van der Waals surface area contributed by atoms with Crippen LogP contribution in [-0.2, 0) is 10.0 Å². The first kappa shape index (κ1) is 14.0. The molecule has 0 bridgehead atoms. The van der Waals surface area contributed by atoms with Crippen molar-refractivity contribution in [3.63, 3.8) is 0 Å². The predicted octanol–water partition coefficient (Wildman–Crippen LogP) is 2.48. The van der Waals surface area contributed by atoms with Gasteiger partial charge in [-0.3, -0.25) is 0 Å². The lowest BCUT2D eigenvalue weighted by Gasteiger charge is -2.08. The van der Waals surface area contributed by atoms with E-state index >= 15 is 0 Å². The maximum atomic E-state index is 11.8. The van der Waals surface area contributed by atoms with Crippen molar-refractivity contribution in [1.29, 1.82) is 0 Å². The van der Waals surface area contributed by atoms with Gasteiger partial charge in [0.05, 0.1) is 10.6 Å². The van der Waals surface area contributed by atoms with Gasteiger partial charge < -0.3 is 5.73 Å². The molecule has 0 heterocycles. The standard InChI is InChI=1S/C9H12Br2N2O2S/c1-2-3-13-16(14,15)6-4-7(10)9(12)8(11)5-6/h4-5,13H,2-3,12H2,1H3. The summed E-state index contributed by atoms with van der Waals surface area (Å²) in [5.74, 6) is 0. The van der Waals surface area contributed by atoms with Gasteiger partial charge in [-0.05, 0) is 50.4 Å². The maximum absolute atomic E-state index is 11.8. The molecular formula is C9H12Br2N2O2S. The number of rotatable bonds is 4. The van der Waals surface area contributed by atoms with Crippen molar-refractivity contribution in [2.24, 2.45) is 0 Å². The molecule has 0 unspecified atom stereocenters. The number of benzene rings is 1. The number of nitrogens with two attached hydrogens (primary N) is 1. The Morgan fingerprint density at radius 1 is 1.31 bits per heavy atom. The second-order valence-corrected chi connectivity index (χ2v) is 6.67. The van der Waals surface area contributed by atoms with Crippen molar-refractivity contribution in [2.75, 3.05) is 12.3 Å². The minimum Gasteiger partial charge on any atom is -0.397 e. The molecule has 0 saturated carbocycles. The Kier molecular flexibility index (Phi) is 4.78. The molecule has 7 heteroatoms. The topological polar surface area (TPSA) is 72.2 Å². The van der Waals surface area contributed by atoms with Crippen LogP contribution >= 0.6 is 31.9 Å². The number of halogens is 2. The van der Waals surface area contributed by atoms with E-state index in [2.05, 4.69) is 36.6 Å². The molecule has 0 radical (unpaired) electrons. The van der Waals surface area contributed by atoms with Gasteiger partial charge >= 0.3 is 0 Å². The fourth-order valence-electron chi connectivity index (χ4n) is 1.04. The summed E-state index contributed by atoms with van der Waals surface area (Å²) in [6.07, 6.45) is 0.747. The van der Waals surface area contributed by atoms with Crippen LogP contribution in [0.4, 0.5) is 5.69 Å². The van der Waals surface area contributed by atoms with E-state index in [4.69, 9.17) is 5.73 Å². The summed E-state index contributed by atoms with van der Waals surface area (Å²) in [6.45, 7) is 2.32. The molecule has 0 amide bonds. The summed E-state index contributed by atoms with van der Waals surface area (Å²) < 4.78 is 27.2. The molecule has 0 aromatic heterocycles. The van der Waals surface area contributed by atoms with Gasteiger partial charge in [-0.2, -0.15) is 0 Å². The normalized spacial score (nSPS) is 11.7. The van der Waals surface area contributed by atoms with Crippen LogP contribution in [0.25, 0.3) is 0 Å². The highest BCUT2D eigenvalue weighted by Crippen LogP contribution is 2.31. The lowest BCUT2D eigenvalue weighted by Crippen LogP contribution is -2.24. The number of sulfonamides is 1. The molecule has 90 valence electrons. The minimum absolute atomic E-state index is 0.189. The Bertz CT molecular complexity index is 465. The number of nitrogen functional groups attached to an aromatic ring is 1. The zero-order chi connectivity index (χ0) is 12.3. The van der Waals surface area contributed by atoms with E-state index in [9.17, 15) is 8.42 Å². The van der Waals surface area contributed by atoms with Gasteiger partial charge in [0.1, 0.15) is 0 Å². The van der Waals surface area contributed by atoms with Crippen molar-refractivity contribution in [3.8, 4) is 0 Å². The fourth-order valence-corrected chi connectivity index (χ4v) is 3.71. The van der Waals surface area contributed by atoms with E-state index < -0.39 is 10.0 Å². The van der Waals surface area contributed by atoms with Crippen molar-refractivity contribution >= 4 is 47.6 Å². The quantitative estimate of drug-likeness (QED) is 0.798. The Balaban J connectivity index is 3.14. The number of anilines is 1. The molecule has 3 N–H and O–H groups in total. The molecule has 0 saturated heterocycles. The van der Waals surface area contributed by atoms with Gasteiger partial charge in [0.25, 0.3) is 0 Å². The van der Waals surface area contributed by atoms with Crippen LogP contribution in [0.5, 0.6) is 0 Å². The van der Waals surface area contributed by atoms with Crippen molar-refractivity contribution in [2.45, 2.75) is 18.2 Å². The van der Waals surface area contributed by atoms with Crippen LogP contribution in [0.1, 0.15) is 13.3 Å². The summed E-state index contributed by atoms with van der Waals surface area (Å²) >= 11 is 6.42. The van der Waals surface area contributed by atoms with Gasteiger partial charge in [0.15, 0.2) is 0 Å². The van der Waals surface area contributed by atoms with Gasteiger partial charge in [0, 0.05) is 15.5 Å². The molecule has 4 nitrogen and oxygen atoms in total. The molecule has 16 heavy (non-hydrogen) atoms. The number of hydrogen-bond donors (Lipinski definition) is 2. The summed E-state index contributed by atoms with van der Waals surface area (Å²) in [5.41, 5.74) is 6.17. The van der Waals surface area contributed by atoms with Crippen LogP contribution in [-0.4, -0.2) is 15.0 Å². The van der Waals surface area contributed by atoms with E-state index in [-0.39, 0.29) is 4.90 Å². The Hall–Kier alpha value is -0.110. The van der Waals surface area contributed by atoms with Crippen molar-refractivity contribution < 1.29 is 8.42 Å². The third kappa shape index (κ3) is 3.19. The van der Waals surface area contributed by atoms with Gasteiger partial charge in [-0.1, -0.05) is 6.92 Å². The minimum atomic E-state index is -3.45. The van der Waals surface area contributed by atoms with Crippen LogP contribution < -0.4 is 10.5 Å². The second-order valence-electron chi connectivity index (χ2n) is 3.20. The highest BCUT2D eigenvalue weighted by Gasteiger charge is 2.16. The highest BCUT2D eigenvalue weighted by molar-refractivity contribution is 9.11. The zero-order valence-corrected chi connectivity index (χ0v) is 12.6. The van der Waals surface area contributed by atoms with E-state index in [1.165, 1.54) is 12.1 Å². The van der Waals surface area contributed by atoms with Crippen molar-refractivity contribution in [3.05, 3.63) is 21.1 Å². The number of nitrogens with one attached hydrogen (secondary N) is 1. The van der Waals surface area contributed by atoms with E-state index in [1.54, 1.807) is 0 Å². The monoisotopic (exact) mass is 370 g/mol. The summed E-state index contributed by atoms with van der Waals surface area (Å²) in [5, 5.41) is 0. The largest absolute Gasteiger partial charge is 0.397 e. The van der Waals surface area contributed by atoms with Crippen molar-refractivity contribution in [1.82, 2.24) is 4.72 Å². The van der Waals surface area contributed by atoms with E-state index in [0.29, 0.717) is 21.2 Å². The molecule has 0 spiro atoms. The zero-order valence-electron chi connectivity index (χ0n) is 8.63. The second kappa shape index (κ2) is 5.48. The molecule has 1 rings (SSSR count). The Labute approximate surface area is 112 Å². The van der Waals surface area contributed by atoms with Crippen LogP contribution in [0, 0.1) is 0 Å². The summed E-state index contributed by atoms with van der Waals surface area (Å²) in [6, 6.07) is 2.97. The first-order chi connectivity index (χ1) is 7.38. The van der Waals surface area contributed by atoms with Crippen LogP contribution in [0.3, 0.4) is 0 Å².